The Balaban J connectivity index is 2.16. The molecule has 0 aliphatic carbocycles. The summed E-state index contributed by atoms with van der Waals surface area (Å²) in [5.41, 5.74) is 2.31. The fourth-order valence-electron chi connectivity index (χ4n) is 2.34. The molecular weight excluding hydrogens is 254 g/mol. The molecule has 19 heavy (non-hydrogen) atoms. The summed E-state index contributed by atoms with van der Waals surface area (Å²) in [7, 11) is 2.11. The van der Waals surface area contributed by atoms with Gasteiger partial charge in [0, 0.05) is 25.3 Å². The van der Waals surface area contributed by atoms with Gasteiger partial charge in [0.15, 0.2) is 0 Å². The van der Waals surface area contributed by atoms with Gasteiger partial charge in [-0.2, -0.15) is 11.8 Å². The van der Waals surface area contributed by atoms with Gasteiger partial charge in [0.05, 0.1) is 11.0 Å². The molecule has 0 spiro atoms. The number of aryl methyl sites for hydroxylation is 1. The molecule has 104 valence electrons. The fourth-order valence-corrected chi connectivity index (χ4v) is 2.98. The molecule has 0 saturated carbocycles. The molecule has 0 aliphatic rings. The van der Waals surface area contributed by atoms with Crippen molar-refractivity contribution >= 4 is 22.8 Å². The van der Waals surface area contributed by atoms with E-state index in [9.17, 15) is 0 Å². The minimum Gasteiger partial charge on any atom is -0.331 e. The Hall–Kier alpha value is -1.00. The number of nitrogens with zero attached hydrogens (tertiary/aromatic N) is 2. The van der Waals surface area contributed by atoms with Gasteiger partial charge >= 0.3 is 0 Å². The first-order chi connectivity index (χ1) is 9.26. The number of para-hydroxylation sites is 2. The summed E-state index contributed by atoms with van der Waals surface area (Å²) in [5, 5.41) is 3.62. The van der Waals surface area contributed by atoms with Gasteiger partial charge in [0.2, 0.25) is 0 Å². The van der Waals surface area contributed by atoms with E-state index in [1.165, 1.54) is 17.8 Å². The molecule has 0 fully saturated rings. The van der Waals surface area contributed by atoms with Crippen molar-refractivity contribution in [1.29, 1.82) is 0 Å². The predicted octanol–water partition coefficient (Wildman–Crippen LogP) is 2.85. The SMILES string of the molecule is CCCNC(CSC)Cc1nc2ccccc2n1C. The maximum Gasteiger partial charge on any atom is 0.111 e. The zero-order chi connectivity index (χ0) is 13.7. The van der Waals surface area contributed by atoms with Crippen molar-refractivity contribution in [3.8, 4) is 0 Å². The van der Waals surface area contributed by atoms with Gasteiger partial charge in [-0.05, 0) is 31.4 Å². The summed E-state index contributed by atoms with van der Waals surface area (Å²) in [6, 6.07) is 8.85. The van der Waals surface area contributed by atoms with Crippen molar-refractivity contribution < 1.29 is 0 Å². The first-order valence-corrected chi connectivity index (χ1v) is 8.28. The molecule has 0 saturated heterocycles. The highest BCUT2D eigenvalue weighted by atomic mass is 32.2. The molecule has 0 aliphatic heterocycles. The van der Waals surface area contributed by atoms with E-state index in [1.54, 1.807) is 0 Å². The van der Waals surface area contributed by atoms with E-state index in [0.717, 1.165) is 24.2 Å². The third-order valence-corrected chi connectivity index (χ3v) is 4.10. The van der Waals surface area contributed by atoms with E-state index >= 15 is 0 Å². The lowest BCUT2D eigenvalue weighted by molar-refractivity contribution is 0.533. The molecule has 0 amide bonds. The number of fused-ring (bicyclic) bond motifs is 1. The van der Waals surface area contributed by atoms with Crippen LogP contribution in [0.25, 0.3) is 11.0 Å². The predicted molar refractivity (Wildman–Crippen MR) is 84.9 cm³/mol. The molecule has 2 aromatic rings. The smallest absolute Gasteiger partial charge is 0.111 e. The highest BCUT2D eigenvalue weighted by Crippen LogP contribution is 2.16. The Kier molecular flexibility index (Phi) is 5.28. The van der Waals surface area contributed by atoms with Crippen LogP contribution in [-0.4, -0.2) is 34.1 Å². The Morgan fingerprint density at radius 1 is 1.37 bits per heavy atom. The third kappa shape index (κ3) is 3.51. The molecule has 0 bridgehead atoms. The minimum absolute atomic E-state index is 0.505. The summed E-state index contributed by atoms with van der Waals surface area (Å²) in [6.45, 7) is 3.29. The monoisotopic (exact) mass is 277 g/mol. The average Bonchev–Trinajstić information content (AvgIpc) is 2.74. The number of hydrogen-bond donors (Lipinski definition) is 1. The summed E-state index contributed by atoms with van der Waals surface area (Å²) in [5.74, 6) is 2.30. The Morgan fingerprint density at radius 3 is 2.84 bits per heavy atom. The zero-order valence-electron chi connectivity index (χ0n) is 12.0. The van der Waals surface area contributed by atoms with E-state index in [1.807, 2.05) is 17.8 Å². The molecule has 1 aromatic heterocycles. The van der Waals surface area contributed by atoms with Crippen LogP contribution in [0.4, 0.5) is 0 Å². The van der Waals surface area contributed by atoms with Crippen LogP contribution in [0.1, 0.15) is 19.2 Å². The van der Waals surface area contributed by atoms with Crippen LogP contribution < -0.4 is 5.32 Å². The second kappa shape index (κ2) is 6.96. The highest BCUT2D eigenvalue weighted by Gasteiger charge is 2.13. The largest absolute Gasteiger partial charge is 0.331 e. The van der Waals surface area contributed by atoms with Crippen molar-refractivity contribution in [3.63, 3.8) is 0 Å². The highest BCUT2D eigenvalue weighted by molar-refractivity contribution is 7.98. The Labute approximate surface area is 119 Å². The number of benzene rings is 1. The van der Waals surface area contributed by atoms with Crippen molar-refractivity contribution in [2.24, 2.45) is 7.05 Å². The molecule has 2 rings (SSSR count). The number of imidazole rings is 1. The third-order valence-electron chi connectivity index (χ3n) is 3.36. The summed E-state index contributed by atoms with van der Waals surface area (Å²) >= 11 is 1.89. The molecule has 1 N–H and O–H groups in total. The van der Waals surface area contributed by atoms with Gasteiger partial charge in [-0.1, -0.05) is 19.1 Å². The number of aromatic nitrogens is 2. The van der Waals surface area contributed by atoms with E-state index in [0.29, 0.717) is 6.04 Å². The van der Waals surface area contributed by atoms with Crippen LogP contribution >= 0.6 is 11.8 Å². The van der Waals surface area contributed by atoms with Gasteiger partial charge < -0.3 is 9.88 Å². The number of nitrogens with one attached hydrogen (secondary N) is 1. The van der Waals surface area contributed by atoms with Crippen LogP contribution in [0.3, 0.4) is 0 Å². The second-order valence-electron chi connectivity index (χ2n) is 4.89. The van der Waals surface area contributed by atoms with Crippen molar-refractivity contribution in [3.05, 3.63) is 30.1 Å². The standard InChI is InChI=1S/C15H23N3S/c1-4-9-16-12(11-19-3)10-15-17-13-7-5-6-8-14(13)18(15)2/h5-8,12,16H,4,9-11H2,1-3H3. The molecule has 0 radical (unpaired) electrons. The lowest BCUT2D eigenvalue weighted by atomic mass is 10.2. The van der Waals surface area contributed by atoms with E-state index < -0.39 is 0 Å². The van der Waals surface area contributed by atoms with Crippen molar-refractivity contribution in [2.45, 2.75) is 25.8 Å². The van der Waals surface area contributed by atoms with Crippen molar-refractivity contribution in [2.75, 3.05) is 18.6 Å². The molecule has 1 atom stereocenters. The quantitative estimate of drug-likeness (QED) is 0.844. The summed E-state index contributed by atoms with van der Waals surface area (Å²) in [6.07, 6.45) is 4.33. The fraction of sp³-hybridized carbons (Fsp3) is 0.533. The van der Waals surface area contributed by atoms with Gasteiger partial charge in [-0.25, -0.2) is 4.98 Å². The molecule has 1 aromatic carbocycles. The van der Waals surface area contributed by atoms with E-state index in [2.05, 4.69) is 48.3 Å². The maximum atomic E-state index is 4.76. The molecule has 1 unspecified atom stereocenters. The Morgan fingerprint density at radius 2 is 2.16 bits per heavy atom. The van der Waals surface area contributed by atoms with Gasteiger partial charge in [-0.15, -0.1) is 0 Å². The molecular formula is C15H23N3S. The summed E-state index contributed by atoms with van der Waals surface area (Å²) < 4.78 is 2.22. The van der Waals surface area contributed by atoms with Crippen LogP contribution in [0.5, 0.6) is 0 Å². The molecule has 3 nitrogen and oxygen atoms in total. The topological polar surface area (TPSA) is 29.9 Å². The van der Waals surface area contributed by atoms with Gasteiger partial charge in [-0.3, -0.25) is 0 Å². The van der Waals surface area contributed by atoms with Crippen LogP contribution in [0, 0.1) is 0 Å². The van der Waals surface area contributed by atoms with E-state index in [-0.39, 0.29) is 0 Å². The first kappa shape index (κ1) is 14.4. The van der Waals surface area contributed by atoms with Crippen LogP contribution in [0.2, 0.25) is 0 Å². The molecule has 4 heteroatoms. The van der Waals surface area contributed by atoms with Crippen molar-refractivity contribution in [1.82, 2.24) is 14.9 Å². The Bertz CT molecular complexity index is 521. The minimum atomic E-state index is 0.505. The number of rotatable bonds is 7. The number of hydrogen-bond acceptors (Lipinski definition) is 3. The molecule has 1 heterocycles. The van der Waals surface area contributed by atoms with Gasteiger partial charge in [0.1, 0.15) is 5.82 Å². The van der Waals surface area contributed by atoms with E-state index in [4.69, 9.17) is 4.98 Å². The summed E-state index contributed by atoms with van der Waals surface area (Å²) in [4.78, 5) is 4.76. The second-order valence-corrected chi connectivity index (χ2v) is 5.80. The maximum absolute atomic E-state index is 4.76. The number of thioether (sulfide) groups is 1. The lowest BCUT2D eigenvalue weighted by Crippen LogP contribution is -2.34. The normalized spacial score (nSPS) is 13.0. The van der Waals surface area contributed by atoms with Crippen LogP contribution in [0.15, 0.2) is 24.3 Å². The first-order valence-electron chi connectivity index (χ1n) is 6.89. The average molecular weight is 277 g/mol. The van der Waals surface area contributed by atoms with Crippen LogP contribution in [-0.2, 0) is 13.5 Å². The zero-order valence-corrected chi connectivity index (χ0v) is 12.8. The lowest BCUT2D eigenvalue weighted by Gasteiger charge is -2.17. The van der Waals surface area contributed by atoms with Gasteiger partial charge in [0.25, 0.3) is 0 Å².